The lowest BCUT2D eigenvalue weighted by molar-refractivity contribution is 0.102. The molecule has 0 atom stereocenters. The smallest absolute Gasteiger partial charge is 0.255 e. The van der Waals surface area contributed by atoms with E-state index in [9.17, 15) is 13.2 Å². The number of carbonyl (C=O) groups excluding carboxylic acids is 1. The summed E-state index contributed by atoms with van der Waals surface area (Å²) in [5.74, 6) is -0.377. The Bertz CT molecular complexity index is 821. The lowest BCUT2D eigenvalue weighted by atomic mass is 10.2. The average molecular weight is 373 g/mol. The van der Waals surface area contributed by atoms with Gasteiger partial charge >= 0.3 is 0 Å². The van der Waals surface area contributed by atoms with E-state index in [0.717, 1.165) is 0 Å². The first kappa shape index (κ1) is 17.6. The van der Waals surface area contributed by atoms with Gasteiger partial charge in [0.05, 0.1) is 16.5 Å². The van der Waals surface area contributed by atoms with Crippen molar-refractivity contribution in [2.75, 3.05) is 15.8 Å². The van der Waals surface area contributed by atoms with Crippen molar-refractivity contribution in [1.82, 2.24) is 0 Å². The molecule has 0 unspecified atom stereocenters. The van der Waals surface area contributed by atoms with Crippen molar-refractivity contribution in [3.05, 3.63) is 58.1 Å². The molecule has 0 aliphatic carbocycles. The fourth-order valence-corrected chi connectivity index (χ4v) is 2.79. The van der Waals surface area contributed by atoms with Gasteiger partial charge in [0.1, 0.15) is 0 Å². The highest BCUT2D eigenvalue weighted by molar-refractivity contribution is 7.92. The zero-order valence-corrected chi connectivity index (χ0v) is 14.5. The third-order valence-corrected chi connectivity index (χ3v) is 4.83. The van der Waals surface area contributed by atoms with Crippen LogP contribution in [0, 0.1) is 0 Å². The van der Waals surface area contributed by atoms with Crippen molar-refractivity contribution in [3.8, 4) is 0 Å². The third kappa shape index (κ3) is 4.86. The summed E-state index contributed by atoms with van der Waals surface area (Å²) in [6, 6.07) is 11.0. The molecule has 2 rings (SSSR count). The van der Waals surface area contributed by atoms with Crippen molar-refractivity contribution >= 4 is 50.5 Å². The summed E-state index contributed by atoms with van der Waals surface area (Å²) in [6.07, 6.45) is 0. The van der Waals surface area contributed by atoms with E-state index >= 15 is 0 Å². The lowest BCUT2D eigenvalue weighted by Gasteiger charge is -2.10. The lowest BCUT2D eigenvalue weighted by Crippen LogP contribution is -2.15. The van der Waals surface area contributed by atoms with Crippen LogP contribution in [0.25, 0.3) is 0 Å². The van der Waals surface area contributed by atoms with Crippen molar-refractivity contribution in [3.63, 3.8) is 0 Å². The van der Waals surface area contributed by atoms with Gasteiger partial charge in [-0.1, -0.05) is 23.2 Å². The van der Waals surface area contributed by atoms with Crippen LogP contribution in [0.5, 0.6) is 0 Å². The zero-order valence-electron chi connectivity index (χ0n) is 12.1. The number of sulfonamides is 1. The molecule has 0 radical (unpaired) electrons. The highest BCUT2D eigenvalue weighted by atomic mass is 35.5. The second-order valence-corrected chi connectivity index (χ2v) is 7.52. The molecule has 2 N–H and O–H groups in total. The normalized spacial score (nSPS) is 11.1. The molecule has 1 amide bonds. The van der Waals surface area contributed by atoms with Gasteiger partial charge in [0.2, 0.25) is 10.0 Å². The SMILES string of the molecule is CCS(=O)(=O)Nc1ccc(NC(=O)c2ccc(Cl)cc2)cc1Cl. The Hall–Kier alpha value is -1.76. The van der Waals surface area contributed by atoms with Crippen LogP contribution in [-0.4, -0.2) is 20.1 Å². The molecule has 5 nitrogen and oxygen atoms in total. The van der Waals surface area contributed by atoms with Crippen LogP contribution in [-0.2, 0) is 10.0 Å². The van der Waals surface area contributed by atoms with E-state index in [2.05, 4.69) is 10.0 Å². The number of nitrogens with one attached hydrogen (secondary N) is 2. The van der Waals surface area contributed by atoms with Crippen LogP contribution >= 0.6 is 23.2 Å². The Labute approximate surface area is 144 Å². The molecular formula is C15H14Cl2N2O3S. The molecule has 2 aromatic rings. The molecule has 0 aliphatic rings. The second kappa shape index (κ2) is 7.21. The number of anilines is 2. The average Bonchev–Trinajstić information content (AvgIpc) is 2.50. The summed E-state index contributed by atoms with van der Waals surface area (Å²) in [5, 5.41) is 3.41. The highest BCUT2D eigenvalue weighted by Gasteiger charge is 2.11. The van der Waals surface area contributed by atoms with Crippen molar-refractivity contribution in [2.45, 2.75) is 6.92 Å². The molecule has 8 heteroatoms. The molecule has 0 aliphatic heterocycles. The van der Waals surface area contributed by atoms with Crippen LogP contribution < -0.4 is 10.0 Å². The maximum absolute atomic E-state index is 12.1. The number of amides is 1. The van der Waals surface area contributed by atoms with Gasteiger partial charge in [0.25, 0.3) is 5.91 Å². The molecule has 0 aromatic heterocycles. The largest absolute Gasteiger partial charge is 0.322 e. The minimum Gasteiger partial charge on any atom is -0.322 e. The number of rotatable bonds is 5. The van der Waals surface area contributed by atoms with Crippen molar-refractivity contribution < 1.29 is 13.2 Å². The summed E-state index contributed by atoms with van der Waals surface area (Å²) < 4.78 is 25.5. The molecule has 0 spiro atoms. The summed E-state index contributed by atoms with van der Waals surface area (Å²) in [6.45, 7) is 1.52. The number of benzene rings is 2. The number of carbonyl (C=O) groups is 1. The van der Waals surface area contributed by atoms with Gasteiger partial charge in [-0.25, -0.2) is 8.42 Å². The molecule has 0 bridgehead atoms. The third-order valence-electron chi connectivity index (χ3n) is 2.98. The van der Waals surface area contributed by atoms with Crippen LogP contribution in [0.15, 0.2) is 42.5 Å². The van der Waals surface area contributed by atoms with Gasteiger partial charge in [0, 0.05) is 16.3 Å². The fourth-order valence-electron chi connectivity index (χ4n) is 1.72. The number of halogens is 2. The summed E-state index contributed by atoms with van der Waals surface area (Å²) in [7, 11) is -3.41. The Balaban J connectivity index is 2.14. The van der Waals surface area contributed by atoms with Crippen LogP contribution in [0.4, 0.5) is 11.4 Å². The predicted octanol–water partition coefficient (Wildman–Crippen LogP) is 4.01. The van der Waals surface area contributed by atoms with Crippen molar-refractivity contribution in [1.29, 1.82) is 0 Å². The van der Waals surface area contributed by atoms with E-state index in [0.29, 0.717) is 16.3 Å². The van der Waals surface area contributed by atoms with Gasteiger partial charge in [-0.3, -0.25) is 9.52 Å². The standard InChI is InChI=1S/C15H14Cl2N2O3S/c1-2-23(21,22)19-14-8-7-12(9-13(14)17)18-15(20)10-3-5-11(16)6-4-10/h3-9,19H,2H2,1H3,(H,18,20). The van der Waals surface area contributed by atoms with E-state index in [4.69, 9.17) is 23.2 Å². The molecule has 0 heterocycles. The summed E-state index contributed by atoms with van der Waals surface area (Å²) >= 11 is 11.8. The molecule has 0 fully saturated rings. The van der Waals surface area contributed by atoms with Crippen LogP contribution in [0.3, 0.4) is 0 Å². The molecule has 23 heavy (non-hydrogen) atoms. The van der Waals surface area contributed by atoms with Gasteiger partial charge in [0.15, 0.2) is 0 Å². The Morgan fingerprint density at radius 1 is 1.09 bits per heavy atom. The summed E-state index contributed by atoms with van der Waals surface area (Å²) in [5.41, 5.74) is 1.16. The molecule has 0 saturated carbocycles. The minimum absolute atomic E-state index is 0.0572. The monoisotopic (exact) mass is 372 g/mol. The van der Waals surface area contributed by atoms with Crippen molar-refractivity contribution in [2.24, 2.45) is 0 Å². The van der Waals surface area contributed by atoms with Crippen LogP contribution in [0.1, 0.15) is 17.3 Å². The second-order valence-electron chi connectivity index (χ2n) is 4.66. The summed E-state index contributed by atoms with van der Waals surface area (Å²) in [4.78, 5) is 12.1. The quantitative estimate of drug-likeness (QED) is 0.832. The van der Waals surface area contributed by atoms with E-state index in [1.807, 2.05) is 0 Å². The number of hydrogen-bond acceptors (Lipinski definition) is 3. The Morgan fingerprint density at radius 2 is 1.74 bits per heavy atom. The van der Waals surface area contributed by atoms with E-state index in [1.54, 1.807) is 30.3 Å². The maximum Gasteiger partial charge on any atom is 0.255 e. The maximum atomic E-state index is 12.1. The first-order chi connectivity index (χ1) is 10.8. The van der Waals surface area contributed by atoms with Gasteiger partial charge in [-0.05, 0) is 49.4 Å². The van der Waals surface area contributed by atoms with E-state index in [1.165, 1.54) is 19.1 Å². The number of hydrogen-bond donors (Lipinski definition) is 2. The van der Waals surface area contributed by atoms with E-state index < -0.39 is 10.0 Å². The van der Waals surface area contributed by atoms with Gasteiger partial charge in [-0.15, -0.1) is 0 Å². The van der Waals surface area contributed by atoms with Gasteiger partial charge < -0.3 is 5.32 Å². The zero-order chi connectivity index (χ0) is 17.0. The Morgan fingerprint density at radius 3 is 2.30 bits per heavy atom. The fraction of sp³-hybridized carbons (Fsp3) is 0.133. The molecule has 0 saturated heterocycles. The van der Waals surface area contributed by atoms with Gasteiger partial charge in [-0.2, -0.15) is 0 Å². The topological polar surface area (TPSA) is 75.3 Å². The first-order valence-corrected chi connectivity index (χ1v) is 9.08. The highest BCUT2D eigenvalue weighted by Crippen LogP contribution is 2.26. The molecule has 122 valence electrons. The molecular weight excluding hydrogens is 359 g/mol. The minimum atomic E-state index is -3.41. The van der Waals surface area contributed by atoms with Crippen LogP contribution in [0.2, 0.25) is 10.0 Å². The molecule has 2 aromatic carbocycles. The van der Waals surface area contributed by atoms with E-state index in [-0.39, 0.29) is 22.4 Å². The predicted molar refractivity (Wildman–Crippen MR) is 93.9 cm³/mol. The Kier molecular flexibility index (Phi) is 5.51. The first-order valence-electron chi connectivity index (χ1n) is 6.67.